The summed E-state index contributed by atoms with van der Waals surface area (Å²) in [7, 11) is 0. The van der Waals surface area contributed by atoms with Gasteiger partial charge in [0.2, 0.25) is 0 Å². The van der Waals surface area contributed by atoms with E-state index in [-0.39, 0.29) is 0 Å². The standard InChI is InChI=1S/C18H15N5S.C2H4O.2C2H6/c1-10-11(2)24-18-16(10)17(14-6-4-13(8-19)5-7-14)20-9-15-22-21-12(3)23(15)18;1-2-3;2*1-2/h4-7H,9H2,1-3H3;2H,1H3;2*1-2H3. The summed E-state index contributed by atoms with van der Waals surface area (Å²) in [6.45, 7) is 16.2. The van der Waals surface area contributed by atoms with Crippen LogP contribution in [0, 0.1) is 32.1 Å². The lowest BCUT2D eigenvalue weighted by atomic mass is 9.99. The second-order valence-corrected chi connectivity index (χ2v) is 7.26. The van der Waals surface area contributed by atoms with Crippen molar-refractivity contribution in [3.63, 3.8) is 0 Å². The highest BCUT2D eigenvalue weighted by atomic mass is 32.1. The molecule has 1 aliphatic heterocycles. The molecule has 3 aromatic rings. The molecule has 4 rings (SSSR count). The van der Waals surface area contributed by atoms with Gasteiger partial charge in [0, 0.05) is 16.0 Å². The predicted molar refractivity (Wildman–Crippen MR) is 128 cm³/mol. The van der Waals surface area contributed by atoms with Gasteiger partial charge < -0.3 is 4.79 Å². The van der Waals surface area contributed by atoms with E-state index in [0.29, 0.717) is 12.1 Å². The van der Waals surface area contributed by atoms with Crippen molar-refractivity contribution >= 4 is 23.3 Å². The maximum atomic E-state index is 9.01. The zero-order valence-corrected chi connectivity index (χ0v) is 20.5. The average Bonchev–Trinajstić information content (AvgIpc) is 3.25. The van der Waals surface area contributed by atoms with Crippen LogP contribution in [-0.2, 0) is 11.3 Å². The molecule has 0 unspecified atom stereocenters. The number of aryl methyl sites for hydroxylation is 2. The highest BCUT2D eigenvalue weighted by Gasteiger charge is 2.26. The number of hydrogen-bond acceptors (Lipinski definition) is 6. The number of nitriles is 1. The number of hydrogen-bond donors (Lipinski definition) is 0. The van der Waals surface area contributed by atoms with E-state index in [9.17, 15) is 0 Å². The molecule has 0 N–H and O–H groups in total. The van der Waals surface area contributed by atoms with E-state index in [1.54, 1.807) is 11.3 Å². The third-order valence-corrected chi connectivity index (χ3v) is 5.56. The van der Waals surface area contributed by atoms with Crippen LogP contribution < -0.4 is 0 Å². The Morgan fingerprint density at radius 1 is 1.06 bits per heavy atom. The number of benzene rings is 1. The van der Waals surface area contributed by atoms with Crippen molar-refractivity contribution in [2.24, 2.45) is 4.99 Å². The maximum absolute atomic E-state index is 9.01. The minimum absolute atomic E-state index is 0.496. The summed E-state index contributed by atoms with van der Waals surface area (Å²) >= 11 is 1.75. The fraction of sp³-hybridized carbons (Fsp3) is 0.375. The molecule has 1 aromatic carbocycles. The van der Waals surface area contributed by atoms with Crippen molar-refractivity contribution in [1.82, 2.24) is 14.8 Å². The molecule has 0 aliphatic carbocycles. The molecule has 2 aromatic heterocycles. The van der Waals surface area contributed by atoms with Crippen LogP contribution in [0.4, 0.5) is 0 Å². The third kappa shape index (κ3) is 5.53. The predicted octanol–water partition coefficient (Wildman–Crippen LogP) is 5.73. The van der Waals surface area contributed by atoms with Crippen molar-refractivity contribution in [1.29, 1.82) is 5.26 Å². The van der Waals surface area contributed by atoms with Gasteiger partial charge in [0.15, 0.2) is 5.82 Å². The monoisotopic (exact) mass is 437 g/mol. The van der Waals surface area contributed by atoms with Gasteiger partial charge in [-0.2, -0.15) is 5.26 Å². The summed E-state index contributed by atoms with van der Waals surface area (Å²) in [5.41, 5.74) is 5.01. The number of thiophene rings is 1. The number of aliphatic imine (C=N–C) groups is 1. The molecule has 1 aliphatic rings. The van der Waals surface area contributed by atoms with Gasteiger partial charge in [-0.25, -0.2) is 0 Å². The Hall–Kier alpha value is -3.11. The Balaban J connectivity index is 0.000000620. The van der Waals surface area contributed by atoms with Crippen molar-refractivity contribution in [2.45, 2.75) is 61.9 Å². The van der Waals surface area contributed by atoms with Crippen LogP contribution in [0.1, 0.15) is 73.4 Å². The van der Waals surface area contributed by atoms with Gasteiger partial charge in [-0.05, 0) is 45.4 Å². The van der Waals surface area contributed by atoms with E-state index in [0.717, 1.165) is 39.8 Å². The second-order valence-electron chi connectivity index (χ2n) is 6.05. The van der Waals surface area contributed by atoms with Gasteiger partial charge in [-0.15, -0.1) is 21.5 Å². The van der Waals surface area contributed by atoms with Gasteiger partial charge in [0.1, 0.15) is 23.7 Å². The lowest BCUT2D eigenvalue weighted by molar-refractivity contribution is -0.106. The molecule has 0 amide bonds. The first kappa shape index (κ1) is 25.9. The molecule has 7 heteroatoms. The zero-order chi connectivity index (χ0) is 23.6. The minimum atomic E-state index is 0.496. The summed E-state index contributed by atoms with van der Waals surface area (Å²) < 4.78 is 2.11. The molecule has 3 heterocycles. The van der Waals surface area contributed by atoms with Crippen LogP contribution in [0.3, 0.4) is 0 Å². The van der Waals surface area contributed by atoms with Crippen LogP contribution >= 0.6 is 11.3 Å². The molecular formula is C24H31N5OS. The van der Waals surface area contributed by atoms with E-state index >= 15 is 0 Å². The Kier molecular flexibility index (Phi) is 10.5. The zero-order valence-electron chi connectivity index (χ0n) is 19.6. The number of rotatable bonds is 1. The first-order valence-electron chi connectivity index (χ1n) is 10.5. The van der Waals surface area contributed by atoms with Crippen molar-refractivity contribution < 1.29 is 4.79 Å². The quantitative estimate of drug-likeness (QED) is 0.455. The fourth-order valence-electron chi connectivity index (χ4n) is 2.99. The highest BCUT2D eigenvalue weighted by molar-refractivity contribution is 7.15. The molecule has 0 spiro atoms. The van der Waals surface area contributed by atoms with Gasteiger partial charge >= 0.3 is 0 Å². The molecule has 6 nitrogen and oxygen atoms in total. The Morgan fingerprint density at radius 3 is 2.19 bits per heavy atom. The van der Waals surface area contributed by atoms with Crippen molar-refractivity contribution in [3.8, 4) is 11.1 Å². The van der Waals surface area contributed by atoms with Crippen molar-refractivity contribution in [2.75, 3.05) is 0 Å². The largest absolute Gasteiger partial charge is 0.304 e. The number of aromatic nitrogens is 3. The molecular weight excluding hydrogens is 406 g/mol. The molecule has 0 atom stereocenters. The lowest BCUT2D eigenvalue weighted by Gasteiger charge is -2.09. The van der Waals surface area contributed by atoms with Crippen LogP contribution in [0.5, 0.6) is 0 Å². The SMILES string of the molecule is CC.CC.CC=O.Cc1sc2c(c1C)C(c1ccc(C#N)cc1)=NCc1nnc(C)n1-2. The summed E-state index contributed by atoms with van der Waals surface area (Å²) in [5, 5.41) is 18.6. The van der Waals surface area contributed by atoms with Crippen molar-refractivity contribution in [3.05, 3.63) is 63.0 Å². The second kappa shape index (κ2) is 12.6. The third-order valence-electron chi connectivity index (χ3n) is 4.36. The molecule has 0 saturated heterocycles. The van der Waals surface area contributed by atoms with E-state index in [1.165, 1.54) is 17.4 Å². The number of carbonyl (C=O) groups excluding carboxylic acids is 1. The van der Waals surface area contributed by atoms with E-state index in [4.69, 9.17) is 15.0 Å². The molecule has 0 fully saturated rings. The van der Waals surface area contributed by atoms with E-state index in [1.807, 2.05) is 58.9 Å². The summed E-state index contributed by atoms with van der Waals surface area (Å²) in [4.78, 5) is 14.9. The van der Waals surface area contributed by atoms with Crippen LogP contribution in [0.15, 0.2) is 29.3 Å². The first-order chi connectivity index (χ1) is 15.0. The van der Waals surface area contributed by atoms with Crippen LogP contribution in [0.2, 0.25) is 0 Å². The number of carbonyl (C=O) groups is 1. The number of aldehydes is 1. The minimum Gasteiger partial charge on any atom is -0.304 e. The molecule has 164 valence electrons. The number of nitrogens with zero attached hydrogens (tertiary/aromatic N) is 5. The Bertz CT molecular complexity index is 1070. The summed E-state index contributed by atoms with van der Waals surface area (Å²) in [5.74, 6) is 1.74. The average molecular weight is 438 g/mol. The highest BCUT2D eigenvalue weighted by Crippen LogP contribution is 2.36. The van der Waals surface area contributed by atoms with Gasteiger partial charge in [0.25, 0.3) is 0 Å². The molecule has 31 heavy (non-hydrogen) atoms. The fourth-order valence-corrected chi connectivity index (χ4v) is 4.21. The van der Waals surface area contributed by atoms with Gasteiger partial charge in [-0.3, -0.25) is 9.56 Å². The Labute approximate surface area is 189 Å². The molecule has 0 radical (unpaired) electrons. The Morgan fingerprint density at radius 2 is 1.65 bits per heavy atom. The first-order valence-corrected chi connectivity index (χ1v) is 11.3. The summed E-state index contributed by atoms with van der Waals surface area (Å²) in [6, 6.07) is 9.76. The normalized spacial score (nSPS) is 10.7. The molecule has 0 saturated carbocycles. The van der Waals surface area contributed by atoms with E-state index < -0.39 is 0 Å². The van der Waals surface area contributed by atoms with Gasteiger partial charge in [0.05, 0.1) is 17.3 Å². The summed E-state index contributed by atoms with van der Waals surface area (Å²) in [6.07, 6.45) is 0.750. The maximum Gasteiger partial charge on any atom is 0.160 e. The van der Waals surface area contributed by atoms with Crippen LogP contribution in [0.25, 0.3) is 5.00 Å². The number of fused-ring (bicyclic) bond motifs is 3. The van der Waals surface area contributed by atoms with Crippen LogP contribution in [-0.4, -0.2) is 26.8 Å². The van der Waals surface area contributed by atoms with E-state index in [2.05, 4.69) is 34.7 Å². The lowest BCUT2D eigenvalue weighted by Crippen LogP contribution is -2.07. The molecule has 0 bridgehead atoms. The van der Waals surface area contributed by atoms with Gasteiger partial charge in [-0.1, -0.05) is 39.8 Å². The smallest absolute Gasteiger partial charge is 0.160 e. The topological polar surface area (TPSA) is 83.9 Å².